The SMILES string of the molecule is CCCCCCC[C@@H]1OC1(C#N)C#N. The molecule has 0 radical (unpaired) electrons. The Morgan fingerprint density at radius 2 is 1.79 bits per heavy atom. The summed E-state index contributed by atoms with van der Waals surface area (Å²) in [6.07, 6.45) is 6.73. The Hall–Kier alpha value is -1.06. The van der Waals surface area contributed by atoms with E-state index in [9.17, 15) is 0 Å². The second kappa shape index (κ2) is 4.98. The van der Waals surface area contributed by atoms with Crippen molar-refractivity contribution in [3.63, 3.8) is 0 Å². The highest BCUT2D eigenvalue weighted by Gasteiger charge is 2.57. The summed E-state index contributed by atoms with van der Waals surface area (Å²) >= 11 is 0. The van der Waals surface area contributed by atoms with E-state index in [2.05, 4.69) is 6.92 Å². The molecule has 1 aliphatic rings. The minimum absolute atomic E-state index is 0.126. The van der Waals surface area contributed by atoms with Crippen LogP contribution >= 0.6 is 0 Å². The average molecular weight is 192 g/mol. The molecule has 0 spiro atoms. The Morgan fingerprint density at radius 3 is 2.29 bits per heavy atom. The summed E-state index contributed by atoms with van der Waals surface area (Å²) in [5.41, 5.74) is -1.09. The van der Waals surface area contributed by atoms with Crippen molar-refractivity contribution in [2.45, 2.75) is 57.2 Å². The summed E-state index contributed by atoms with van der Waals surface area (Å²) in [5, 5.41) is 17.3. The third-order valence-corrected chi connectivity index (χ3v) is 2.63. The summed E-state index contributed by atoms with van der Waals surface area (Å²) in [6.45, 7) is 2.18. The van der Waals surface area contributed by atoms with Gasteiger partial charge in [0.1, 0.15) is 18.2 Å². The summed E-state index contributed by atoms with van der Waals surface area (Å²) in [6, 6.07) is 3.84. The van der Waals surface area contributed by atoms with E-state index < -0.39 is 5.60 Å². The van der Waals surface area contributed by atoms with Gasteiger partial charge in [0.15, 0.2) is 0 Å². The van der Waals surface area contributed by atoms with E-state index in [0.717, 1.165) is 12.8 Å². The molecule has 0 bridgehead atoms. The zero-order chi connectivity index (χ0) is 10.4. The first kappa shape index (κ1) is 11.0. The lowest BCUT2D eigenvalue weighted by Crippen LogP contribution is -2.08. The largest absolute Gasteiger partial charge is 0.337 e. The van der Waals surface area contributed by atoms with Gasteiger partial charge in [-0.05, 0) is 6.42 Å². The molecule has 0 aromatic rings. The molecular formula is C11H16N2O. The van der Waals surface area contributed by atoms with Crippen LogP contribution in [0.2, 0.25) is 0 Å². The quantitative estimate of drug-likeness (QED) is 0.480. The molecule has 1 fully saturated rings. The standard InChI is InChI=1S/C11H16N2O/c1-2-3-4-5-6-7-10-11(8-12,9-13)14-10/h10H,2-7H2,1H3/t10-/m0/s1. The van der Waals surface area contributed by atoms with Crippen molar-refractivity contribution in [2.24, 2.45) is 0 Å². The van der Waals surface area contributed by atoms with Crippen LogP contribution in [-0.2, 0) is 4.74 Å². The lowest BCUT2D eigenvalue weighted by atomic mass is 10.0. The first-order valence-corrected chi connectivity index (χ1v) is 5.29. The lowest BCUT2D eigenvalue weighted by molar-refractivity contribution is 0.354. The minimum atomic E-state index is -1.09. The van der Waals surface area contributed by atoms with Crippen LogP contribution in [-0.4, -0.2) is 11.7 Å². The molecule has 3 heteroatoms. The molecule has 1 aliphatic heterocycles. The van der Waals surface area contributed by atoms with Gasteiger partial charge in [-0.2, -0.15) is 10.5 Å². The molecular weight excluding hydrogens is 176 g/mol. The van der Waals surface area contributed by atoms with Crippen molar-refractivity contribution >= 4 is 0 Å². The maximum atomic E-state index is 8.67. The van der Waals surface area contributed by atoms with Gasteiger partial charge in [0.05, 0.1) is 0 Å². The van der Waals surface area contributed by atoms with E-state index in [-0.39, 0.29) is 6.10 Å². The van der Waals surface area contributed by atoms with Crippen LogP contribution in [0.1, 0.15) is 45.4 Å². The molecule has 0 aromatic heterocycles. The third-order valence-electron chi connectivity index (χ3n) is 2.63. The van der Waals surface area contributed by atoms with Crippen LogP contribution in [0.5, 0.6) is 0 Å². The molecule has 14 heavy (non-hydrogen) atoms. The molecule has 0 N–H and O–H groups in total. The van der Waals surface area contributed by atoms with Crippen LogP contribution < -0.4 is 0 Å². The highest BCUT2D eigenvalue weighted by Crippen LogP contribution is 2.38. The summed E-state index contributed by atoms with van der Waals surface area (Å²) in [5.74, 6) is 0. The number of unbranched alkanes of at least 4 members (excludes halogenated alkanes) is 4. The van der Waals surface area contributed by atoms with Gasteiger partial charge in [-0.15, -0.1) is 0 Å². The maximum absolute atomic E-state index is 8.67. The molecule has 76 valence electrons. The summed E-state index contributed by atoms with van der Waals surface area (Å²) in [4.78, 5) is 0. The Kier molecular flexibility index (Phi) is 3.92. The van der Waals surface area contributed by atoms with Gasteiger partial charge in [0, 0.05) is 0 Å². The van der Waals surface area contributed by atoms with Crippen molar-refractivity contribution in [2.75, 3.05) is 0 Å². The molecule has 0 amide bonds. The van der Waals surface area contributed by atoms with E-state index in [4.69, 9.17) is 15.3 Å². The third kappa shape index (κ3) is 2.47. The zero-order valence-electron chi connectivity index (χ0n) is 8.62. The lowest BCUT2D eigenvalue weighted by Gasteiger charge is -1.97. The van der Waals surface area contributed by atoms with Crippen LogP contribution in [0.25, 0.3) is 0 Å². The molecule has 0 aliphatic carbocycles. The first-order valence-electron chi connectivity index (χ1n) is 5.29. The van der Waals surface area contributed by atoms with Gasteiger partial charge in [0.25, 0.3) is 5.60 Å². The Labute approximate surface area is 85.3 Å². The fourth-order valence-electron chi connectivity index (χ4n) is 1.61. The van der Waals surface area contributed by atoms with Crippen molar-refractivity contribution in [3.8, 4) is 12.1 Å². The second-order valence-electron chi connectivity index (χ2n) is 3.77. The number of nitrogens with zero attached hydrogens (tertiary/aromatic N) is 2. The molecule has 0 unspecified atom stereocenters. The van der Waals surface area contributed by atoms with Gasteiger partial charge in [0.2, 0.25) is 0 Å². The molecule has 0 saturated carbocycles. The van der Waals surface area contributed by atoms with E-state index in [0.29, 0.717) is 0 Å². The monoisotopic (exact) mass is 192 g/mol. The fraction of sp³-hybridized carbons (Fsp3) is 0.818. The van der Waals surface area contributed by atoms with Gasteiger partial charge < -0.3 is 4.74 Å². The van der Waals surface area contributed by atoms with Crippen LogP contribution in [0.4, 0.5) is 0 Å². The Bertz CT molecular complexity index is 247. The average Bonchev–Trinajstić information content (AvgIpc) is 2.92. The van der Waals surface area contributed by atoms with Crippen molar-refractivity contribution in [3.05, 3.63) is 0 Å². The van der Waals surface area contributed by atoms with Crippen LogP contribution in [0.3, 0.4) is 0 Å². The Morgan fingerprint density at radius 1 is 1.14 bits per heavy atom. The molecule has 1 atom stereocenters. The van der Waals surface area contributed by atoms with Crippen LogP contribution in [0.15, 0.2) is 0 Å². The van der Waals surface area contributed by atoms with Crippen molar-refractivity contribution < 1.29 is 4.74 Å². The minimum Gasteiger partial charge on any atom is -0.337 e. The van der Waals surface area contributed by atoms with Gasteiger partial charge in [-0.1, -0.05) is 39.0 Å². The normalized spacial score (nSPS) is 22.4. The number of hydrogen-bond acceptors (Lipinski definition) is 3. The molecule has 1 heterocycles. The van der Waals surface area contributed by atoms with Crippen molar-refractivity contribution in [1.82, 2.24) is 0 Å². The maximum Gasteiger partial charge on any atom is 0.268 e. The number of nitriles is 2. The van der Waals surface area contributed by atoms with E-state index in [1.165, 1.54) is 25.7 Å². The number of rotatable bonds is 6. The predicted octanol–water partition coefficient (Wildman–Crippen LogP) is 2.53. The van der Waals surface area contributed by atoms with Gasteiger partial charge >= 0.3 is 0 Å². The topological polar surface area (TPSA) is 60.1 Å². The number of epoxide rings is 1. The number of ether oxygens (including phenoxy) is 1. The summed E-state index contributed by atoms with van der Waals surface area (Å²) < 4.78 is 5.09. The molecule has 3 nitrogen and oxygen atoms in total. The van der Waals surface area contributed by atoms with Gasteiger partial charge in [-0.25, -0.2) is 0 Å². The van der Waals surface area contributed by atoms with E-state index >= 15 is 0 Å². The summed E-state index contributed by atoms with van der Waals surface area (Å²) in [7, 11) is 0. The smallest absolute Gasteiger partial charge is 0.268 e. The zero-order valence-corrected chi connectivity index (χ0v) is 8.62. The predicted molar refractivity (Wildman–Crippen MR) is 52.2 cm³/mol. The molecule has 1 rings (SSSR count). The van der Waals surface area contributed by atoms with Crippen molar-refractivity contribution in [1.29, 1.82) is 10.5 Å². The highest BCUT2D eigenvalue weighted by molar-refractivity contribution is 5.30. The molecule has 0 aromatic carbocycles. The van der Waals surface area contributed by atoms with Gasteiger partial charge in [-0.3, -0.25) is 0 Å². The first-order chi connectivity index (χ1) is 6.79. The van der Waals surface area contributed by atoms with E-state index in [1.807, 2.05) is 12.1 Å². The second-order valence-corrected chi connectivity index (χ2v) is 3.77. The highest BCUT2D eigenvalue weighted by atomic mass is 16.6. The number of hydrogen-bond donors (Lipinski definition) is 0. The van der Waals surface area contributed by atoms with E-state index in [1.54, 1.807) is 0 Å². The van der Waals surface area contributed by atoms with Crippen LogP contribution in [0, 0.1) is 22.7 Å². The Balaban J connectivity index is 2.07. The fourth-order valence-corrected chi connectivity index (χ4v) is 1.61. The molecule has 1 saturated heterocycles.